The van der Waals surface area contributed by atoms with Gasteiger partial charge in [-0.3, -0.25) is 13.9 Å². The number of hydrogen-bond acceptors (Lipinski definition) is 10. The molecule has 0 spiro atoms. The van der Waals surface area contributed by atoms with E-state index >= 15 is 0 Å². The lowest BCUT2D eigenvalue weighted by atomic mass is 10.1. The van der Waals surface area contributed by atoms with Gasteiger partial charge in [-0.05, 0) is 11.8 Å². The van der Waals surface area contributed by atoms with Gasteiger partial charge in [-0.15, -0.1) is 0 Å². The first-order valence-electron chi connectivity index (χ1n) is 7.88. The topological polar surface area (TPSA) is 198 Å². The first kappa shape index (κ1) is 22.5. The largest absolute Gasteiger partial charge is 0.394 e. The molecule has 0 saturated carbocycles. The third kappa shape index (κ3) is 5.18. The van der Waals surface area contributed by atoms with Crippen molar-refractivity contribution in [2.24, 2.45) is 0 Å². The third-order valence-corrected chi connectivity index (χ3v) is 4.54. The number of nitrogens with one attached hydrogen (secondary N) is 1. The van der Waals surface area contributed by atoms with E-state index in [9.17, 15) is 24.8 Å². The van der Waals surface area contributed by atoms with E-state index in [2.05, 4.69) is 32.1 Å². The van der Waals surface area contributed by atoms with Crippen molar-refractivity contribution in [1.29, 1.82) is 0 Å². The molecule has 2 aromatic rings. The van der Waals surface area contributed by atoms with Crippen LogP contribution in [-0.2, 0) is 25.9 Å². The van der Waals surface area contributed by atoms with Gasteiger partial charge in [-0.2, -0.15) is 0 Å². The number of carbonyl (C=O) groups is 1. The van der Waals surface area contributed by atoms with Crippen molar-refractivity contribution in [2.45, 2.75) is 31.5 Å². The summed E-state index contributed by atoms with van der Waals surface area (Å²) in [6.45, 7) is -3.09. The maximum Gasteiger partial charge on any atom is 0.322 e. The van der Waals surface area contributed by atoms with Gasteiger partial charge >= 0.3 is 6.72 Å². The maximum absolute atomic E-state index is 10.4. The van der Waals surface area contributed by atoms with Crippen LogP contribution in [0.1, 0.15) is 13.2 Å². The Balaban J connectivity index is 0.000000500. The number of aromatic nitrogens is 4. The number of aliphatic hydroxyl groups is 2. The summed E-state index contributed by atoms with van der Waals surface area (Å²) in [6, 6.07) is 0. The number of hydrogen-bond donors (Lipinski definition) is 6. The predicted octanol–water partition coefficient (Wildman–Crippen LogP) is -1.99. The molecule has 0 unspecified atom stereocenters. The number of fused-ring (bicyclic) bond motifs is 1. The molecule has 28 heavy (non-hydrogen) atoms. The fraction of sp³-hybridized carbons (Fsp3) is 0.538. The predicted molar refractivity (Wildman–Crippen MR) is 100 cm³/mol. The Morgan fingerprint density at radius 1 is 1.46 bits per heavy atom. The van der Waals surface area contributed by atoms with Crippen molar-refractivity contribution < 1.29 is 34.1 Å². The number of rotatable bonds is 4. The molecule has 1 amide bonds. The molecule has 0 aliphatic carbocycles. The zero-order valence-corrected chi connectivity index (χ0v) is 16.6. The highest BCUT2D eigenvalue weighted by molar-refractivity contribution is 8.06. The van der Waals surface area contributed by atoms with Crippen molar-refractivity contribution >= 4 is 41.4 Å². The van der Waals surface area contributed by atoms with Gasteiger partial charge in [0, 0.05) is 14.0 Å². The minimum atomic E-state index is -4.05. The summed E-state index contributed by atoms with van der Waals surface area (Å²) >= 11 is 4.40. The highest BCUT2D eigenvalue weighted by Gasteiger charge is 2.47. The SMILES string of the molecule is CNC(C)=O.Nc1ncnc2c1ncn2[C@@H]1O[C@H](CO)[C@@H](OP(O)(O)=S)[C@H]1O. The number of carbonyl (C=O) groups excluding carboxylic acids is 1. The zero-order chi connectivity index (χ0) is 21.1. The van der Waals surface area contributed by atoms with E-state index in [1.165, 1.54) is 24.1 Å². The highest BCUT2D eigenvalue weighted by Crippen LogP contribution is 2.44. The molecule has 3 heterocycles. The maximum atomic E-state index is 10.4. The molecule has 1 fully saturated rings. The average Bonchev–Trinajstić information content (AvgIpc) is 3.17. The molecule has 1 aliphatic heterocycles. The minimum Gasteiger partial charge on any atom is -0.394 e. The standard InChI is InChI=1S/C10H14N5O6PS.C3H7NO/c11-8-5-9(13-2-12-8)15(3-14-5)10-6(17)7(4(1-16)20-10)21-22(18,19)23;1-3(5)4-2/h2-4,6-7,10,16-17H,1H2,(H2,11,12,13)(H2,18,19,23);1-2H3,(H,4,5)/t4-,6-,7-,10-;/m1./s1. The van der Waals surface area contributed by atoms with Crippen molar-refractivity contribution in [2.75, 3.05) is 19.4 Å². The smallest absolute Gasteiger partial charge is 0.322 e. The lowest BCUT2D eigenvalue weighted by molar-refractivity contribution is -0.118. The fourth-order valence-electron chi connectivity index (χ4n) is 2.44. The van der Waals surface area contributed by atoms with Crippen molar-refractivity contribution in [3.63, 3.8) is 0 Å². The molecular weight excluding hydrogens is 415 g/mol. The van der Waals surface area contributed by atoms with Crippen molar-refractivity contribution in [3.05, 3.63) is 12.7 Å². The van der Waals surface area contributed by atoms with E-state index in [1.54, 1.807) is 7.05 Å². The van der Waals surface area contributed by atoms with Gasteiger partial charge in [0.2, 0.25) is 5.91 Å². The van der Waals surface area contributed by atoms with Crippen LogP contribution in [-0.4, -0.2) is 77.4 Å². The monoisotopic (exact) mass is 436 g/mol. The second-order valence-electron chi connectivity index (χ2n) is 5.69. The first-order chi connectivity index (χ1) is 13.1. The van der Waals surface area contributed by atoms with Gasteiger partial charge in [-0.25, -0.2) is 15.0 Å². The first-order valence-corrected chi connectivity index (χ1v) is 10.5. The lowest BCUT2D eigenvalue weighted by Gasteiger charge is -2.21. The number of aliphatic hydroxyl groups excluding tert-OH is 2. The minimum absolute atomic E-state index is 0.00463. The van der Waals surface area contributed by atoms with Crippen molar-refractivity contribution in [3.8, 4) is 0 Å². The van der Waals surface area contributed by atoms with Crippen LogP contribution in [0.2, 0.25) is 0 Å². The van der Waals surface area contributed by atoms with Crippen LogP contribution in [0.15, 0.2) is 12.7 Å². The second kappa shape index (κ2) is 9.15. The summed E-state index contributed by atoms with van der Waals surface area (Å²) < 4.78 is 11.8. The molecule has 7 N–H and O–H groups in total. The molecule has 15 heteroatoms. The number of imidazole rings is 1. The number of amides is 1. The number of ether oxygens (including phenoxy) is 1. The van der Waals surface area contributed by atoms with E-state index in [0.29, 0.717) is 11.2 Å². The average molecular weight is 436 g/mol. The van der Waals surface area contributed by atoms with Gasteiger partial charge in [0.25, 0.3) is 0 Å². The lowest BCUT2D eigenvalue weighted by Crippen LogP contribution is -2.35. The fourth-order valence-corrected chi connectivity index (χ4v) is 3.32. The van der Waals surface area contributed by atoms with Gasteiger partial charge < -0.3 is 35.8 Å². The zero-order valence-electron chi connectivity index (χ0n) is 14.9. The van der Waals surface area contributed by atoms with E-state index in [0.717, 1.165) is 0 Å². The van der Waals surface area contributed by atoms with Crippen LogP contribution in [0.5, 0.6) is 0 Å². The van der Waals surface area contributed by atoms with Crippen LogP contribution >= 0.6 is 6.72 Å². The van der Waals surface area contributed by atoms with Gasteiger partial charge in [-0.1, -0.05) is 0 Å². The van der Waals surface area contributed by atoms with Crippen LogP contribution in [0.25, 0.3) is 11.2 Å². The van der Waals surface area contributed by atoms with Crippen LogP contribution in [0.4, 0.5) is 5.82 Å². The molecule has 0 aromatic carbocycles. The second-order valence-corrected chi connectivity index (χ2v) is 8.31. The Kier molecular flexibility index (Phi) is 7.36. The number of nitrogens with zero attached hydrogens (tertiary/aromatic N) is 4. The number of nitrogen functional groups attached to an aromatic ring is 1. The summed E-state index contributed by atoms with van der Waals surface area (Å²) in [4.78, 5) is 40.2. The number of nitrogens with two attached hydrogens (primary N) is 1. The molecule has 0 radical (unpaired) electrons. The van der Waals surface area contributed by atoms with E-state index in [4.69, 9.17) is 15.0 Å². The van der Waals surface area contributed by atoms with Crippen LogP contribution in [0, 0.1) is 0 Å². The summed E-state index contributed by atoms with van der Waals surface area (Å²) in [5, 5.41) is 22.1. The quantitative estimate of drug-likeness (QED) is 0.289. The molecule has 13 nitrogen and oxygen atoms in total. The van der Waals surface area contributed by atoms with Gasteiger partial charge in [0.15, 0.2) is 17.7 Å². The third-order valence-electron chi connectivity index (χ3n) is 3.76. The van der Waals surface area contributed by atoms with E-state index in [-0.39, 0.29) is 11.7 Å². The molecule has 1 aliphatic rings. The summed E-state index contributed by atoms with van der Waals surface area (Å²) in [5.74, 6) is 0.166. The van der Waals surface area contributed by atoms with E-state index in [1.807, 2.05) is 0 Å². The van der Waals surface area contributed by atoms with Crippen LogP contribution < -0.4 is 11.1 Å². The normalized spacial score (nSPS) is 24.6. The van der Waals surface area contributed by atoms with Crippen molar-refractivity contribution in [1.82, 2.24) is 24.8 Å². The summed E-state index contributed by atoms with van der Waals surface area (Å²) in [5.41, 5.74) is 6.33. The molecule has 156 valence electrons. The Morgan fingerprint density at radius 3 is 2.64 bits per heavy atom. The van der Waals surface area contributed by atoms with Crippen LogP contribution in [0.3, 0.4) is 0 Å². The molecule has 1 saturated heterocycles. The Morgan fingerprint density at radius 2 is 2.11 bits per heavy atom. The van der Waals surface area contributed by atoms with Gasteiger partial charge in [0.05, 0.1) is 12.9 Å². The highest BCUT2D eigenvalue weighted by atomic mass is 32.5. The summed E-state index contributed by atoms with van der Waals surface area (Å²) in [6.07, 6.45) is -2.03. The molecule has 3 rings (SSSR count). The summed E-state index contributed by atoms with van der Waals surface area (Å²) in [7, 11) is 1.60. The molecule has 4 atom stereocenters. The molecule has 0 bridgehead atoms. The Bertz CT molecular complexity index is 876. The number of anilines is 1. The molecule has 2 aromatic heterocycles. The Hall–Kier alpha value is -1.77. The Labute approximate surface area is 164 Å². The van der Waals surface area contributed by atoms with E-state index < -0.39 is 37.9 Å². The van der Waals surface area contributed by atoms with Gasteiger partial charge in [0.1, 0.15) is 30.2 Å². The molecular formula is C13H21N6O7PS.